The molecular weight excluding hydrogens is 246 g/mol. The average Bonchev–Trinajstić information content (AvgIpc) is 2.46. The summed E-state index contributed by atoms with van der Waals surface area (Å²) in [5.41, 5.74) is 11.2. The van der Waals surface area contributed by atoms with E-state index in [9.17, 15) is 0 Å². The Kier molecular flexibility index (Phi) is 11.3. The first-order valence-electron chi connectivity index (χ1n) is 8.99. The number of likely N-dealkylation sites (tertiary alicyclic amines) is 1. The molecule has 1 atom stereocenters. The Labute approximate surface area is 126 Å². The van der Waals surface area contributed by atoms with E-state index < -0.39 is 0 Å². The maximum Gasteiger partial charge on any atom is 0.00101 e. The summed E-state index contributed by atoms with van der Waals surface area (Å²) >= 11 is 0. The third kappa shape index (κ3) is 8.93. The summed E-state index contributed by atoms with van der Waals surface area (Å²) in [5.74, 6) is 0.872. The molecule has 0 aromatic carbocycles. The zero-order valence-electron chi connectivity index (χ0n) is 13.5. The average molecular weight is 284 g/mol. The highest BCUT2D eigenvalue weighted by Gasteiger charge is 2.18. The summed E-state index contributed by atoms with van der Waals surface area (Å²) in [6.45, 7) is 5.66. The van der Waals surface area contributed by atoms with Crippen LogP contribution in [-0.4, -0.2) is 37.6 Å². The van der Waals surface area contributed by atoms with Gasteiger partial charge in [-0.25, -0.2) is 0 Å². The van der Waals surface area contributed by atoms with E-state index in [0.29, 0.717) is 0 Å². The van der Waals surface area contributed by atoms with Gasteiger partial charge in [-0.1, -0.05) is 38.5 Å². The van der Waals surface area contributed by atoms with Crippen LogP contribution in [0.2, 0.25) is 0 Å². The van der Waals surface area contributed by atoms with Crippen LogP contribution in [0, 0.1) is 5.92 Å². The number of nitrogens with two attached hydrogens (primary N) is 2. The van der Waals surface area contributed by atoms with E-state index in [1.165, 1.54) is 90.3 Å². The van der Waals surface area contributed by atoms with Gasteiger partial charge in [0.1, 0.15) is 0 Å². The van der Waals surface area contributed by atoms with Gasteiger partial charge in [0.25, 0.3) is 0 Å². The number of piperidine rings is 1. The highest BCUT2D eigenvalue weighted by atomic mass is 15.1. The number of hydrogen-bond acceptors (Lipinski definition) is 3. The van der Waals surface area contributed by atoms with Gasteiger partial charge >= 0.3 is 0 Å². The first-order valence-corrected chi connectivity index (χ1v) is 8.99. The topological polar surface area (TPSA) is 55.3 Å². The van der Waals surface area contributed by atoms with Crippen LogP contribution >= 0.6 is 0 Å². The van der Waals surface area contributed by atoms with Crippen molar-refractivity contribution in [2.45, 2.75) is 70.6 Å². The number of rotatable bonds is 12. The predicted octanol–water partition coefficient (Wildman–Crippen LogP) is 3.13. The van der Waals surface area contributed by atoms with E-state index in [0.717, 1.165) is 19.0 Å². The molecule has 0 aliphatic carbocycles. The molecule has 0 aromatic heterocycles. The molecule has 1 aliphatic rings. The summed E-state index contributed by atoms with van der Waals surface area (Å²) in [6.07, 6.45) is 15.0. The first-order chi connectivity index (χ1) is 9.86. The Morgan fingerprint density at radius 1 is 0.800 bits per heavy atom. The van der Waals surface area contributed by atoms with Crippen molar-refractivity contribution < 1.29 is 0 Å². The van der Waals surface area contributed by atoms with Gasteiger partial charge in [-0.05, 0) is 64.2 Å². The molecule has 3 nitrogen and oxygen atoms in total. The number of hydrogen-bond donors (Lipinski definition) is 2. The van der Waals surface area contributed by atoms with Crippen LogP contribution < -0.4 is 11.5 Å². The SMILES string of the molecule is NCCCCCCCCCCN1CCCC(CCN)C1. The van der Waals surface area contributed by atoms with E-state index in [1.807, 2.05) is 0 Å². The predicted molar refractivity (Wildman–Crippen MR) is 88.8 cm³/mol. The summed E-state index contributed by atoms with van der Waals surface area (Å²) < 4.78 is 0. The van der Waals surface area contributed by atoms with Crippen LogP contribution in [0.25, 0.3) is 0 Å². The third-order valence-corrected chi connectivity index (χ3v) is 4.61. The molecule has 1 heterocycles. The molecule has 1 rings (SSSR count). The van der Waals surface area contributed by atoms with Gasteiger partial charge in [-0.2, -0.15) is 0 Å². The Bertz CT molecular complexity index is 206. The van der Waals surface area contributed by atoms with Gasteiger partial charge < -0.3 is 16.4 Å². The molecule has 4 N–H and O–H groups in total. The molecule has 1 fully saturated rings. The van der Waals surface area contributed by atoms with Crippen molar-refractivity contribution in [3.8, 4) is 0 Å². The molecule has 0 radical (unpaired) electrons. The minimum absolute atomic E-state index is 0.862. The van der Waals surface area contributed by atoms with Crippen LogP contribution in [0.5, 0.6) is 0 Å². The Hall–Kier alpha value is -0.120. The Balaban J connectivity index is 1.88. The monoisotopic (exact) mass is 283 g/mol. The largest absolute Gasteiger partial charge is 0.330 e. The van der Waals surface area contributed by atoms with Gasteiger partial charge in [-0.15, -0.1) is 0 Å². The lowest BCUT2D eigenvalue weighted by Gasteiger charge is -2.32. The van der Waals surface area contributed by atoms with Gasteiger partial charge in [-0.3, -0.25) is 0 Å². The second-order valence-corrected chi connectivity index (χ2v) is 6.50. The molecule has 0 bridgehead atoms. The van der Waals surface area contributed by atoms with E-state index in [-0.39, 0.29) is 0 Å². The minimum Gasteiger partial charge on any atom is -0.330 e. The molecule has 1 aliphatic heterocycles. The van der Waals surface area contributed by atoms with Gasteiger partial charge in [0.2, 0.25) is 0 Å². The second-order valence-electron chi connectivity index (χ2n) is 6.50. The van der Waals surface area contributed by atoms with Crippen molar-refractivity contribution in [2.75, 3.05) is 32.7 Å². The Morgan fingerprint density at radius 3 is 2.10 bits per heavy atom. The molecular formula is C17H37N3. The molecule has 3 heteroatoms. The first kappa shape index (κ1) is 17.9. The van der Waals surface area contributed by atoms with Crippen LogP contribution in [-0.2, 0) is 0 Å². The van der Waals surface area contributed by atoms with Crippen molar-refractivity contribution in [2.24, 2.45) is 17.4 Å². The highest BCUT2D eigenvalue weighted by Crippen LogP contribution is 2.19. The Morgan fingerprint density at radius 2 is 1.45 bits per heavy atom. The summed E-state index contributed by atoms with van der Waals surface area (Å²) in [6, 6.07) is 0. The van der Waals surface area contributed by atoms with Gasteiger partial charge in [0, 0.05) is 6.54 Å². The van der Waals surface area contributed by atoms with Gasteiger partial charge in [0.05, 0.1) is 0 Å². The van der Waals surface area contributed by atoms with Crippen molar-refractivity contribution in [1.82, 2.24) is 4.90 Å². The van der Waals surface area contributed by atoms with Crippen molar-refractivity contribution in [1.29, 1.82) is 0 Å². The van der Waals surface area contributed by atoms with Crippen molar-refractivity contribution >= 4 is 0 Å². The maximum atomic E-state index is 5.68. The fraction of sp³-hybridized carbons (Fsp3) is 1.00. The van der Waals surface area contributed by atoms with Crippen molar-refractivity contribution in [3.63, 3.8) is 0 Å². The van der Waals surface area contributed by atoms with Crippen molar-refractivity contribution in [3.05, 3.63) is 0 Å². The van der Waals surface area contributed by atoms with Crippen LogP contribution in [0.4, 0.5) is 0 Å². The number of unbranched alkanes of at least 4 members (excludes halogenated alkanes) is 7. The maximum absolute atomic E-state index is 5.68. The van der Waals surface area contributed by atoms with Crippen LogP contribution in [0.3, 0.4) is 0 Å². The fourth-order valence-corrected chi connectivity index (χ4v) is 3.37. The minimum atomic E-state index is 0.862. The summed E-state index contributed by atoms with van der Waals surface area (Å²) in [7, 11) is 0. The highest BCUT2D eigenvalue weighted by molar-refractivity contribution is 4.73. The van der Waals surface area contributed by atoms with Gasteiger partial charge in [0.15, 0.2) is 0 Å². The van der Waals surface area contributed by atoms with E-state index in [1.54, 1.807) is 0 Å². The molecule has 0 aromatic rings. The fourth-order valence-electron chi connectivity index (χ4n) is 3.37. The summed E-state index contributed by atoms with van der Waals surface area (Å²) in [5, 5.41) is 0. The zero-order valence-corrected chi connectivity index (χ0v) is 13.5. The molecule has 1 unspecified atom stereocenters. The lowest BCUT2D eigenvalue weighted by Crippen LogP contribution is -2.36. The normalized spacial score (nSPS) is 20.4. The quantitative estimate of drug-likeness (QED) is 0.541. The molecule has 0 amide bonds. The smallest absolute Gasteiger partial charge is 0.00101 e. The lowest BCUT2D eigenvalue weighted by molar-refractivity contribution is 0.167. The number of nitrogens with zero attached hydrogens (tertiary/aromatic N) is 1. The second kappa shape index (κ2) is 12.6. The lowest BCUT2D eigenvalue weighted by atomic mass is 9.94. The van der Waals surface area contributed by atoms with Crippen LogP contribution in [0.1, 0.15) is 70.6 Å². The standard InChI is InChI=1S/C17H37N3/c18-12-7-5-3-1-2-4-6-8-14-20-15-9-10-17(16-20)11-13-19/h17H,1-16,18-19H2. The summed E-state index contributed by atoms with van der Waals surface area (Å²) in [4.78, 5) is 2.67. The molecule has 0 saturated carbocycles. The van der Waals surface area contributed by atoms with E-state index >= 15 is 0 Å². The van der Waals surface area contributed by atoms with Crippen LogP contribution in [0.15, 0.2) is 0 Å². The van der Waals surface area contributed by atoms with E-state index in [4.69, 9.17) is 11.5 Å². The third-order valence-electron chi connectivity index (χ3n) is 4.61. The molecule has 120 valence electrons. The zero-order chi connectivity index (χ0) is 14.5. The molecule has 0 spiro atoms. The molecule has 1 saturated heterocycles. The molecule has 20 heavy (non-hydrogen) atoms. The van der Waals surface area contributed by atoms with E-state index in [2.05, 4.69) is 4.90 Å².